The summed E-state index contributed by atoms with van der Waals surface area (Å²) in [5.74, 6) is 0.934. The predicted molar refractivity (Wildman–Crippen MR) is 87.1 cm³/mol. The zero-order chi connectivity index (χ0) is 14.5. The van der Waals surface area contributed by atoms with E-state index in [0.29, 0.717) is 13.2 Å². The van der Waals surface area contributed by atoms with Crippen LogP contribution in [0, 0.1) is 0 Å². The number of fused-ring (bicyclic) bond motifs is 1. The summed E-state index contributed by atoms with van der Waals surface area (Å²) in [6.45, 7) is 3.43. The number of benzene rings is 2. The van der Waals surface area contributed by atoms with Crippen LogP contribution < -0.4 is 15.4 Å². The molecule has 3 nitrogen and oxygen atoms in total. The minimum absolute atomic E-state index is 0.689. The Morgan fingerprint density at radius 2 is 1.86 bits per heavy atom. The van der Waals surface area contributed by atoms with E-state index in [2.05, 4.69) is 41.3 Å². The van der Waals surface area contributed by atoms with Gasteiger partial charge in [-0.1, -0.05) is 30.3 Å². The first-order valence-corrected chi connectivity index (χ1v) is 7.61. The second-order valence-electron chi connectivity index (χ2n) is 5.40. The first kappa shape index (κ1) is 14.0. The fourth-order valence-electron chi connectivity index (χ4n) is 2.83. The number of hydrogen-bond donors (Lipinski definition) is 1. The van der Waals surface area contributed by atoms with Crippen molar-refractivity contribution in [2.45, 2.75) is 12.8 Å². The first-order chi connectivity index (χ1) is 10.4. The molecule has 2 aromatic carbocycles. The average Bonchev–Trinajstić information content (AvgIpc) is 2.93. The molecular formula is C18H22N2O. The number of ether oxygens (including phenoxy) is 1. The van der Waals surface area contributed by atoms with E-state index in [4.69, 9.17) is 10.5 Å². The van der Waals surface area contributed by atoms with Crippen molar-refractivity contribution in [3.8, 4) is 5.75 Å². The Bertz CT molecular complexity index is 580. The van der Waals surface area contributed by atoms with Crippen LogP contribution in [0.5, 0.6) is 5.75 Å². The molecule has 1 aliphatic heterocycles. The number of hydrogen-bond acceptors (Lipinski definition) is 3. The highest BCUT2D eigenvalue weighted by Gasteiger charge is 2.17. The van der Waals surface area contributed by atoms with Crippen molar-refractivity contribution in [3.63, 3.8) is 0 Å². The van der Waals surface area contributed by atoms with Crippen LogP contribution in [0.1, 0.15) is 11.1 Å². The predicted octanol–water partition coefficient (Wildman–Crippen LogP) is 2.63. The summed E-state index contributed by atoms with van der Waals surface area (Å²) in [5.41, 5.74) is 9.62. The summed E-state index contributed by atoms with van der Waals surface area (Å²) < 4.78 is 5.84. The van der Waals surface area contributed by atoms with E-state index >= 15 is 0 Å². The minimum Gasteiger partial charge on any atom is -0.492 e. The van der Waals surface area contributed by atoms with Crippen LogP contribution in [0.3, 0.4) is 0 Å². The molecular weight excluding hydrogens is 260 g/mol. The van der Waals surface area contributed by atoms with Gasteiger partial charge in [-0.25, -0.2) is 0 Å². The third kappa shape index (κ3) is 3.37. The topological polar surface area (TPSA) is 38.5 Å². The molecule has 1 heterocycles. The molecule has 0 aromatic heterocycles. The molecule has 0 bridgehead atoms. The van der Waals surface area contributed by atoms with Gasteiger partial charge in [0.2, 0.25) is 0 Å². The van der Waals surface area contributed by atoms with Crippen molar-refractivity contribution in [2.75, 3.05) is 31.1 Å². The molecule has 0 saturated heterocycles. The van der Waals surface area contributed by atoms with Gasteiger partial charge in [0.05, 0.1) is 6.54 Å². The molecule has 1 aliphatic rings. The summed E-state index contributed by atoms with van der Waals surface area (Å²) in [5, 5.41) is 0. The summed E-state index contributed by atoms with van der Waals surface area (Å²) in [7, 11) is 0. The second-order valence-corrected chi connectivity index (χ2v) is 5.40. The summed E-state index contributed by atoms with van der Waals surface area (Å²) >= 11 is 0. The molecule has 0 fully saturated rings. The van der Waals surface area contributed by atoms with Crippen LogP contribution in [0.25, 0.3) is 0 Å². The Morgan fingerprint density at radius 1 is 1.05 bits per heavy atom. The van der Waals surface area contributed by atoms with Crippen molar-refractivity contribution in [3.05, 3.63) is 59.7 Å². The smallest absolute Gasteiger partial charge is 0.119 e. The Kier molecular flexibility index (Phi) is 4.41. The molecule has 110 valence electrons. The molecule has 3 heteroatoms. The van der Waals surface area contributed by atoms with Gasteiger partial charge in [-0.3, -0.25) is 0 Å². The highest BCUT2D eigenvalue weighted by atomic mass is 16.5. The Balaban J connectivity index is 1.50. The van der Waals surface area contributed by atoms with E-state index in [1.54, 1.807) is 0 Å². The molecule has 2 aromatic rings. The van der Waals surface area contributed by atoms with Gasteiger partial charge >= 0.3 is 0 Å². The Hall–Kier alpha value is -2.00. The maximum absolute atomic E-state index is 5.84. The number of anilines is 1. The second kappa shape index (κ2) is 6.64. The van der Waals surface area contributed by atoms with E-state index < -0.39 is 0 Å². The zero-order valence-corrected chi connectivity index (χ0v) is 12.3. The van der Waals surface area contributed by atoms with E-state index in [-0.39, 0.29) is 0 Å². The van der Waals surface area contributed by atoms with E-state index in [1.807, 2.05) is 12.1 Å². The maximum atomic E-state index is 5.84. The summed E-state index contributed by atoms with van der Waals surface area (Å²) in [6.07, 6.45) is 2.06. The van der Waals surface area contributed by atoms with Crippen LogP contribution in [0.2, 0.25) is 0 Å². The van der Waals surface area contributed by atoms with Crippen LogP contribution in [-0.4, -0.2) is 26.2 Å². The molecule has 0 saturated carbocycles. The normalized spacial score (nSPS) is 13.3. The number of nitrogens with zero attached hydrogens (tertiary/aromatic N) is 1. The lowest BCUT2D eigenvalue weighted by molar-refractivity contribution is 0.324. The third-order valence-corrected chi connectivity index (χ3v) is 3.97. The average molecular weight is 282 g/mol. The molecule has 0 atom stereocenters. The third-order valence-electron chi connectivity index (χ3n) is 3.97. The summed E-state index contributed by atoms with van der Waals surface area (Å²) in [4.78, 5) is 2.40. The van der Waals surface area contributed by atoms with Crippen molar-refractivity contribution in [1.29, 1.82) is 0 Å². The van der Waals surface area contributed by atoms with Crippen molar-refractivity contribution in [1.82, 2.24) is 0 Å². The first-order valence-electron chi connectivity index (χ1n) is 7.61. The molecule has 3 rings (SSSR count). The van der Waals surface area contributed by atoms with Gasteiger partial charge in [0.1, 0.15) is 12.4 Å². The zero-order valence-electron chi connectivity index (χ0n) is 12.3. The van der Waals surface area contributed by atoms with Crippen LogP contribution in [0.4, 0.5) is 5.69 Å². The van der Waals surface area contributed by atoms with Crippen molar-refractivity contribution < 1.29 is 4.74 Å². The monoisotopic (exact) mass is 282 g/mol. The molecule has 0 radical (unpaired) electrons. The largest absolute Gasteiger partial charge is 0.492 e. The fraction of sp³-hybridized carbons (Fsp3) is 0.333. The number of para-hydroxylation sites is 1. The lowest BCUT2D eigenvalue weighted by Crippen LogP contribution is -2.26. The SMILES string of the molecule is NCCc1ccc(OCCN2CCc3ccccc32)cc1. The fourth-order valence-corrected chi connectivity index (χ4v) is 2.83. The van der Waals surface area contributed by atoms with Crippen LogP contribution in [0.15, 0.2) is 48.5 Å². The molecule has 0 unspecified atom stereocenters. The lowest BCUT2D eigenvalue weighted by Gasteiger charge is -2.19. The van der Waals surface area contributed by atoms with Crippen LogP contribution >= 0.6 is 0 Å². The van der Waals surface area contributed by atoms with Gasteiger partial charge in [0, 0.05) is 12.2 Å². The molecule has 0 spiro atoms. The van der Waals surface area contributed by atoms with Crippen molar-refractivity contribution >= 4 is 5.69 Å². The Morgan fingerprint density at radius 3 is 2.67 bits per heavy atom. The van der Waals surface area contributed by atoms with E-state index in [1.165, 1.54) is 16.8 Å². The quantitative estimate of drug-likeness (QED) is 0.885. The standard InChI is InChI=1S/C18H22N2O/c19-11-9-15-5-7-17(8-6-15)21-14-13-20-12-10-16-3-1-2-4-18(16)20/h1-8H,9-14,19H2. The molecule has 21 heavy (non-hydrogen) atoms. The van der Waals surface area contributed by atoms with Gasteiger partial charge < -0.3 is 15.4 Å². The van der Waals surface area contributed by atoms with E-state index in [0.717, 1.165) is 31.7 Å². The summed E-state index contributed by atoms with van der Waals surface area (Å²) in [6, 6.07) is 16.9. The molecule has 2 N–H and O–H groups in total. The number of rotatable bonds is 6. The highest BCUT2D eigenvalue weighted by molar-refractivity contribution is 5.57. The lowest BCUT2D eigenvalue weighted by atomic mass is 10.1. The molecule has 0 amide bonds. The van der Waals surface area contributed by atoms with Gasteiger partial charge in [-0.15, -0.1) is 0 Å². The van der Waals surface area contributed by atoms with Gasteiger partial charge in [-0.2, -0.15) is 0 Å². The molecule has 0 aliphatic carbocycles. The maximum Gasteiger partial charge on any atom is 0.119 e. The minimum atomic E-state index is 0.689. The van der Waals surface area contributed by atoms with E-state index in [9.17, 15) is 0 Å². The number of nitrogens with two attached hydrogens (primary N) is 1. The Labute approximate surface area is 126 Å². The van der Waals surface area contributed by atoms with Crippen LogP contribution in [-0.2, 0) is 12.8 Å². The van der Waals surface area contributed by atoms with Gasteiger partial charge in [0.15, 0.2) is 0 Å². The van der Waals surface area contributed by atoms with Crippen molar-refractivity contribution in [2.24, 2.45) is 5.73 Å². The highest BCUT2D eigenvalue weighted by Crippen LogP contribution is 2.26. The van der Waals surface area contributed by atoms with Gasteiger partial charge in [-0.05, 0) is 48.7 Å². The van der Waals surface area contributed by atoms with Gasteiger partial charge in [0.25, 0.3) is 0 Å².